The highest BCUT2D eigenvalue weighted by molar-refractivity contribution is 6.33. The number of rotatable bonds is 4. The Labute approximate surface area is 173 Å². The fourth-order valence-electron chi connectivity index (χ4n) is 3.91. The van der Waals surface area contributed by atoms with Crippen molar-refractivity contribution in [3.05, 3.63) is 65.3 Å². The van der Waals surface area contributed by atoms with Crippen molar-refractivity contribution in [1.82, 2.24) is 15.3 Å². The molecular formula is C23H20ClN3O2. The quantitative estimate of drug-likeness (QED) is 0.505. The van der Waals surface area contributed by atoms with Gasteiger partial charge in [0.2, 0.25) is 0 Å². The molecule has 4 aromatic rings. The van der Waals surface area contributed by atoms with Crippen LogP contribution < -0.4 is 5.32 Å². The van der Waals surface area contributed by atoms with Crippen molar-refractivity contribution in [2.75, 3.05) is 13.2 Å². The topological polar surface area (TPSA) is 67.0 Å². The molecule has 1 amide bonds. The molecule has 146 valence electrons. The van der Waals surface area contributed by atoms with Gasteiger partial charge in [0.15, 0.2) is 0 Å². The number of halogens is 1. The lowest BCUT2D eigenvalue weighted by Crippen LogP contribution is -2.32. The summed E-state index contributed by atoms with van der Waals surface area (Å²) in [6, 6.07) is 17.4. The van der Waals surface area contributed by atoms with Crippen LogP contribution in [0.2, 0.25) is 5.02 Å². The number of benzene rings is 2. The van der Waals surface area contributed by atoms with E-state index in [2.05, 4.69) is 10.3 Å². The minimum absolute atomic E-state index is 0.0822. The van der Waals surface area contributed by atoms with Gasteiger partial charge >= 0.3 is 0 Å². The van der Waals surface area contributed by atoms with Crippen LogP contribution in [0.3, 0.4) is 0 Å². The van der Waals surface area contributed by atoms with E-state index in [0.29, 0.717) is 23.0 Å². The predicted octanol–water partition coefficient (Wildman–Crippen LogP) is 4.95. The Balaban J connectivity index is 1.63. The van der Waals surface area contributed by atoms with Crippen molar-refractivity contribution in [2.45, 2.75) is 18.9 Å². The molecule has 6 heteroatoms. The van der Waals surface area contributed by atoms with E-state index in [1.165, 1.54) is 0 Å². The molecule has 1 aliphatic heterocycles. The zero-order chi connectivity index (χ0) is 19.8. The summed E-state index contributed by atoms with van der Waals surface area (Å²) in [6.45, 7) is 1.25. The number of fused-ring (bicyclic) bond motifs is 3. The number of amides is 1. The number of aromatic amines is 1. The molecule has 5 rings (SSSR count). The van der Waals surface area contributed by atoms with E-state index in [4.69, 9.17) is 21.3 Å². The van der Waals surface area contributed by atoms with Crippen LogP contribution in [0.25, 0.3) is 33.1 Å². The molecule has 0 aliphatic carbocycles. The van der Waals surface area contributed by atoms with Crippen molar-refractivity contribution in [3.8, 4) is 11.3 Å². The summed E-state index contributed by atoms with van der Waals surface area (Å²) in [5, 5.41) is 5.56. The Morgan fingerprint density at radius 1 is 1.17 bits per heavy atom. The lowest BCUT2D eigenvalue weighted by atomic mass is 10.1. The normalized spacial score (nSPS) is 16.5. The molecule has 2 aromatic carbocycles. The lowest BCUT2D eigenvalue weighted by molar-refractivity contribution is 0.0854. The number of pyridine rings is 1. The second-order valence-corrected chi connectivity index (χ2v) is 7.68. The zero-order valence-electron chi connectivity index (χ0n) is 15.7. The Morgan fingerprint density at radius 3 is 2.83 bits per heavy atom. The van der Waals surface area contributed by atoms with Gasteiger partial charge in [-0.2, -0.15) is 0 Å². The van der Waals surface area contributed by atoms with Crippen molar-refractivity contribution in [3.63, 3.8) is 0 Å². The van der Waals surface area contributed by atoms with E-state index < -0.39 is 0 Å². The summed E-state index contributed by atoms with van der Waals surface area (Å²) in [5.74, 6) is -0.207. The van der Waals surface area contributed by atoms with Gasteiger partial charge in [-0.05, 0) is 31.0 Å². The van der Waals surface area contributed by atoms with E-state index in [1.54, 1.807) is 0 Å². The van der Waals surface area contributed by atoms with Crippen LogP contribution in [0.4, 0.5) is 0 Å². The molecular weight excluding hydrogens is 386 g/mol. The SMILES string of the molecule is O=C(NC[C@H]1CCCO1)c1cc2c([nH]c3ccccc32)c(-c2ccccc2Cl)n1. The smallest absolute Gasteiger partial charge is 0.270 e. The number of nitrogens with zero attached hydrogens (tertiary/aromatic N) is 1. The predicted molar refractivity (Wildman–Crippen MR) is 115 cm³/mol. The third-order valence-electron chi connectivity index (χ3n) is 5.37. The van der Waals surface area contributed by atoms with E-state index in [1.807, 2.05) is 54.6 Å². The number of carbonyl (C=O) groups excluding carboxylic acids is 1. The first-order valence-electron chi connectivity index (χ1n) is 9.77. The van der Waals surface area contributed by atoms with Crippen molar-refractivity contribution >= 4 is 39.3 Å². The second kappa shape index (κ2) is 7.50. The molecule has 1 atom stereocenters. The molecule has 0 bridgehead atoms. The van der Waals surface area contributed by atoms with E-state index >= 15 is 0 Å². The van der Waals surface area contributed by atoms with Crippen LogP contribution in [0.5, 0.6) is 0 Å². The van der Waals surface area contributed by atoms with Crippen LogP contribution in [0.1, 0.15) is 23.3 Å². The molecule has 1 saturated heterocycles. The van der Waals surface area contributed by atoms with Crippen molar-refractivity contribution in [2.24, 2.45) is 0 Å². The van der Waals surface area contributed by atoms with Crippen LogP contribution in [0.15, 0.2) is 54.6 Å². The summed E-state index contributed by atoms with van der Waals surface area (Å²) in [7, 11) is 0. The average Bonchev–Trinajstić information content (AvgIpc) is 3.39. The maximum Gasteiger partial charge on any atom is 0.270 e. The average molecular weight is 406 g/mol. The number of H-pyrrole nitrogens is 1. The van der Waals surface area contributed by atoms with Gasteiger partial charge in [-0.3, -0.25) is 4.79 Å². The third kappa shape index (κ3) is 3.37. The fraction of sp³-hybridized carbons (Fsp3) is 0.217. The van der Waals surface area contributed by atoms with E-state index in [-0.39, 0.29) is 12.0 Å². The molecule has 0 saturated carbocycles. The Hall–Kier alpha value is -2.89. The molecule has 0 radical (unpaired) electrons. The Kier molecular flexibility index (Phi) is 4.70. The highest BCUT2D eigenvalue weighted by atomic mass is 35.5. The minimum atomic E-state index is -0.207. The molecule has 0 spiro atoms. The number of hydrogen-bond donors (Lipinski definition) is 2. The Morgan fingerprint density at radius 2 is 2.00 bits per heavy atom. The van der Waals surface area contributed by atoms with Crippen LogP contribution in [-0.2, 0) is 4.74 Å². The monoisotopic (exact) mass is 405 g/mol. The van der Waals surface area contributed by atoms with Crippen molar-refractivity contribution < 1.29 is 9.53 Å². The molecule has 2 aromatic heterocycles. The lowest BCUT2D eigenvalue weighted by Gasteiger charge is -2.12. The molecule has 29 heavy (non-hydrogen) atoms. The van der Waals surface area contributed by atoms with Gasteiger partial charge in [-0.15, -0.1) is 0 Å². The number of ether oxygens (including phenoxy) is 1. The van der Waals surface area contributed by atoms with Gasteiger partial charge < -0.3 is 15.0 Å². The van der Waals surface area contributed by atoms with Crippen molar-refractivity contribution in [1.29, 1.82) is 0 Å². The maximum absolute atomic E-state index is 12.9. The minimum Gasteiger partial charge on any atom is -0.376 e. The summed E-state index contributed by atoms with van der Waals surface area (Å²) >= 11 is 6.47. The largest absolute Gasteiger partial charge is 0.376 e. The van der Waals surface area contributed by atoms with E-state index in [9.17, 15) is 4.79 Å². The molecule has 1 aliphatic rings. The van der Waals surface area contributed by atoms with Gasteiger partial charge in [0.05, 0.1) is 22.3 Å². The van der Waals surface area contributed by atoms with Crippen LogP contribution in [0, 0.1) is 0 Å². The number of carbonyl (C=O) groups is 1. The maximum atomic E-state index is 12.9. The van der Waals surface area contributed by atoms with Crippen LogP contribution in [-0.4, -0.2) is 35.1 Å². The summed E-state index contributed by atoms with van der Waals surface area (Å²) < 4.78 is 5.61. The van der Waals surface area contributed by atoms with Gasteiger partial charge in [0.25, 0.3) is 5.91 Å². The number of para-hydroxylation sites is 1. The molecule has 5 nitrogen and oxygen atoms in total. The second-order valence-electron chi connectivity index (χ2n) is 7.27. The van der Waals surface area contributed by atoms with Gasteiger partial charge in [0, 0.05) is 35.0 Å². The Bertz CT molecular complexity index is 1210. The summed E-state index contributed by atoms with van der Waals surface area (Å²) in [6.07, 6.45) is 2.09. The summed E-state index contributed by atoms with van der Waals surface area (Å²) in [5.41, 5.74) is 3.70. The first kappa shape index (κ1) is 18.2. The third-order valence-corrected chi connectivity index (χ3v) is 5.70. The van der Waals surface area contributed by atoms with Gasteiger partial charge in [-0.1, -0.05) is 48.0 Å². The zero-order valence-corrected chi connectivity index (χ0v) is 16.5. The molecule has 0 unspecified atom stereocenters. The number of hydrogen-bond acceptors (Lipinski definition) is 3. The van der Waals surface area contributed by atoms with Gasteiger partial charge in [0.1, 0.15) is 5.69 Å². The number of nitrogens with one attached hydrogen (secondary N) is 2. The number of aromatic nitrogens is 2. The highest BCUT2D eigenvalue weighted by Gasteiger charge is 2.20. The fourth-order valence-corrected chi connectivity index (χ4v) is 4.14. The first-order valence-corrected chi connectivity index (χ1v) is 10.1. The highest BCUT2D eigenvalue weighted by Crippen LogP contribution is 2.35. The summed E-state index contributed by atoms with van der Waals surface area (Å²) in [4.78, 5) is 21.0. The first-order chi connectivity index (χ1) is 14.2. The standard InChI is InChI=1S/C23H20ClN3O2/c24-18-9-3-1-8-16(18)21-22-17(15-7-2-4-10-19(15)26-22)12-20(27-21)23(28)25-13-14-6-5-11-29-14/h1-4,7-10,12,14,26H,5-6,11,13H2,(H,25,28)/t14-/m1/s1. The molecule has 3 heterocycles. The van der Waals surface area contributed by atoms with E-state index in [0.717, 1.165) is 46.8 Å². The van der Waals surface area contributed by atoms with Gasteiger partial charge in [-0.25, -0.2) is 4.98 Å². The van der Waals surface area contributed by atoms with Crippen LogP contribution >= 0.6 is 11.6 Å². The molecule has 1 fully saturated rings. The molecule has 2 N–H and O–H groups in total.